The Hall–Kier alpha value is -2.82. The molecular weight excluding hydrogens is 306 g/mol. The number of hydrogen-bond acceptors (Lipinski definition) is 4. The van der Waals surface area contributed by atoms with Crippen molar-refractivity contribution in [1.82, 2.24) is 0 Å². The number of esters is 1. The van der Waals surface area contributed by atoms with E-state index in [0.29, 0.717) is 11.4 Å². The van der Waals surface area contributed by atoms with Gasteiger partial charge in [-0.2, -0.15) is 0 Å². The molecule has 126 valence electrons. The Morgan fingerprint density at radius 2 is 1.75 bits per heavy atom. The monoisotopic (exact) mass is 327 g/mol. The summed E-state index contributed by atoms with van der Waals surface area (Å²) in [5.74, 6) is -0.388. The van der Waals surface area contributed by atoms with Crippen LogP contribution >= 0.6 is 0 Å². The van der Waals surface area contributed by atoms with Crippen molar-refractivity contribution in [2.24, 2.45) is 0 Å². The molecule has 0 bridgehead atoms. The van der Waals surface area contributed by atoms with Crippen LogP contribution in [0.5, 0.6) is 5.75 Å². The van der Waals surface area contributed by atoms with Gasteiger partial charge in [-0.1, -0.05) is 18.2 Å². The summed E-state index contributed by atoms with van der Waals surface area (Å²) in [6, 6.07) is 13.0. The third kappa shape index (κ3) is 5.43. The topological polar surface area (TPSA) is 64.6 Å². The standard InChI is InChI=1S/C19H21NO4/c1-13-5-4-6-17(9-13)23-12-19(22)24-11-18(21)20-16-8-7-14(2)15(3)10-16/h4-10H,11-12H2,1-3H3,(H,20,21). The van der Waals surface area contributed by atoms with Crippen LogP contribution < -0.4 is 10.1 Å². The smallest absolute Gasteiger partial charge is 0.344 e. The van der Waals surface area contributed by atoms with Gasteiger partial charge in [0.25, 0.3) is 5.91 Å². The van der Waals surface area contributed by atoms with Crippen molar-refractivity contribution in [2.75, 3.05) is 18.5 Å². The number of amides is 1. The largest absolute Gasteiger partial charge is 0.482 e. The van der Waals surface area contributed by atoms with Crippen LogP contribution in [0, 0.1) is 20.8 Å². The van der Waals surface area contributed by atoms with Gasteiger partial charge in [0.2, 0.25) is 0 Å². The lowest BCUT2D eigenvalue weighted by atomic mass is 10.1. The molecule has 0 heterocycles. The fraction of sp³-hybridized carbons (Fsp3) is 0.263. The van der Waals surface area contributed by atoms with E-state index < -0.39 is 5.97 Å². The first-order chi connectivity index (χ1) is 11.4. The zero-order valence-corrected chi connectivity index (χ0v) is 14.1. The number of ether oxygens (including phenoxy) is 2. The summed E-state index contributed by atoms with van der Waals surface area (Å²) >= 11 is 0. The second-order valence-electron chi connectivity index (χ2n) is 5.61. The highest BCUT2D eigenvalue weighted by Crippen LogP contribution is 2.14. The van der Waals surface area contributed by atoms with E-state index in [1.165, 1.54) is 0 Å². The Labute approximate surface area is 141 Å². The van der Waals surface area contributed by atoms with Crippen molar-refractivity contribution < 1.29 is 19.1 Å². The van der Waals surface area contributed by atoms with Gasteiger partial charge in [-0.05, 0) is 61.7 Å². The summed E-state index contributed by atoms with van der Waals surface area (Å²) in [5, 5.41) is 2.69. The van der Waals surface area contributed by atoms with Crippen LogP contribution in [0.1, 0.15) is 16.7 Å². The molecule has 5 heteroatoms. The number of aryl methyl sites for hydroxylation is 3. The molecule has 0 aliphatic rings. The zero-order valence-electron chi connectivity index (χ0n) is 14.1. The minimum atomic E-state index is -0.591. The molecule has 2 aromatic carbocycles. The molecule has 0 atom stereocenters. The van der Waals surface area contributed by atoms with E-state index in [4.69, 9.17) is 9.47 Å². The molecule has 24 heavy (non-hydrogen) atoms. The average molecular weight is 327 g/mol. The second-order valence-corrected chi connectivity index (χ2v) is 5.61. The van der Waals surface area contributed by atoms with Gasteiger partial charge in [-0.15, -0.1) is 0 Å². The summed E-state index contributed by atoms with van der Waals surface area (Å²) < 4.78 is 10.2. The predicted molar refractivity (Wildman–Crippen MR) is 92.2 cm³/mol. The van der Waals surface area contributed by atoms with E-state index in [1.54, 1.807) is 6.07 Å². The van der Waals surface area contributed by atoms with Crippen molar-refractivity contribution in [3.8, 4) is 5.75 Å². The van der Waals surface area contributed by atoms with Crippen LogP contribution in [0.25, 0.3) is 0 Å². The minimum Gasteiger partial charge on any atom is -0.482 e. The fourth-order valence-electron chi connectivity index (χ4n) is 2.05. The number of anilines is 1. The lowest BCUT2D eigenvalue weighted by molar-refractivity contribution is -0.149. The van der Waals surface area contributed by atoms with Gasteiger partial charge in [0.05, 0.1) is 0 Å². The van der Waals surface area contributed by atoms with Crippen LogP contribution in [0.4, 0.5) is 5.69 Å². The van der Waals surface area contributed by atoms with E-state index in [9.17, 15) is 9.59 Å². The van der Waals surface area contributed by atoms with Crippen molar-refractivity contribution in [2.45, 2.75) is 20.8 Å². The number of nitrogens with one attached hydrogen (secondary N) is 1. The summed E-state index contributed by atoms with van der Waals surface area (Å²) in [6.45, 7) is 5.32. The van der Waals surface area contributed by atoms with Crippen LogP contribution in [-0.4, -0.2) is 25.1 Å². The number of carbonyl (C=O) groups excluding carboxylic acids is 2. The van der Waals surface area contributed by atoms with E-state index >= 15 is 0 Å². The SMILES string of the molecule is Cc1cccc(OCC(=O)OCC(=O)Nc2ccc(C)c(C)c2)c1. The van der Waals surface area contributed by atoms with Crippen LogP contribution in [0.3, 0.4) is 0 Å². The molecule has 1 amide bonds. The molecule has 0 aliphatic carbocycles. The number of benzene rings is 2. The van der Waals surface area contributed by atoms with Gasteiger partial charge >= 0.3 is 5.97 Å². The van der Waals surface area contributed by atoms with E-state index in [-0.39, 0.29) is 19.1 Å². The molecule has 0 aromatic heterocycles. The Balaban J connectivity index is 1.74. The van der Waals surface area contributed by atoms with Gasteiger partial charge in [0.15, 0.2) is 13.2 Å². The third-order valence-electron chi connectivity index (χ3n) is 3.50. The molecule has 0 aliphatic heterocycles. The Kier molecular flexibility index (Phi) is 5.95. The van der Waals surface area contributed by atoms with E-state index in [0.717, 1.165) is 16.7 Å². The molecule has 0 fully saturated rings. The van der Waals surface area contributed by atoms with Crippen molar-refractivity contribution in [3.63, 3.8) is 0 Å². The maximum absolute atomic E-state index is 11.8. The van der Waals surface area contributed by atoms with Crippen LogP contribution in [-0.2, 0) is 14.3 Å². The first kappa shape index (κ1) is 17.5. The highest BCUT2D eigenvalue weighted by atomic mass is 16.6. The Morgan fingerprint density at radius 1 is 0.958 bits per heavy atom. The van der Waals surface area contributed by atoms with Crippen molar-refractivity contribution in [1.29, 1.82) is 0 Å². The maximum atomic E-state index is 11.8. The summed E-state index contributed by atoms with van der Waals surface area (Å²) in [7, 11) is 0. The molecule has 2 rings (SSSR count). The molecule has 5 nitrogen and oxygen atoms in total. The third-order valence-corrected chi connectivity index (χ3v) is 3.50. The molecule has 1 N–H and O–H groups in total. The van der Waals surface area contributed by atoms with Gasteiger partial charge in [0.1, 0.15) is 5.75 Å². The number of rotatable bonds is 6. The van der Waals surface area contributed by atoms with Gasteiger partial charge in [0, 0.05) is 5.69 Å². The highest BCUT2D eigenvalue weighted by molar-refractivity contribution is 5.93. The molecule has 2 aromatic rings. The van der Waals surface area contributed by atoms with Crippen molar-refractivity contribution >= 4 is 17.6 Å². The normalized spacial score (nSPS) is 10.1. The molecule has 0 saturated heterocycles. The quantitative estimate of drug-likeness (QED) is 0.828. The maximum Gasteiger partial charge on any atom is 0.344 e. The van der Waals surface area contributed by atoms with Crippen LogP contribution in [0.2, 0.25) is 0 Å². The zero-order chi connectivity index (χ0) is 17.5. The first-order valence-electron chi connectivity index (χ1n) is 7.66. The number of hydrogen-bond donors (Lipinski definition) is 1. The van der Waals surface area contributed by atoms with Crippen molar-refractivity contribution in [3.05, 3.63) is 59.2 Å². The van der Waals surface area contributed by atoms with Crippen LogP contribution in [0.15, 0.2) is 42.5 Å². The Morgan fingerprint density at radius 3 is 2.46 bits per heavy atom. The van der Waals surface area contributed by atoms with Gasteiger partial charge < -0.3 is 14.8 Å². The lowest BCUT2D eigenvalue weighted by Crippen LogP contribution is -2.23. The predicted octanol–water partition coefficient (Wildman–Crippen LogP) is 3.17. The fourth-order valence-corrected chi connectivity index (χ4v) is 2.05. The number of carbonyl (C=O) groups is 2. The van der Waals surface area contributed by atoms with E-state index in [1.807, 2.05) is 57.2 Å². The first-order valence-corrected chi connectivity index (χ1v) is 7.66. The average Bonchev–Trinajstić information content (AvgIpc) is 2.54. The molecule has 0 unspecified atom stereocenters. The second kappa shape index (κ2) is 8.15. The minimum absolute atomic E-state index is 0.236. The molecule has 0 radical (unpaired) electrons. The summed E-state index contributed by atoms with van der Waals surface area (Å²) in [5.41, 5.74) is 3.94. The highest BCUT2D eigenvalue weighted by Gasteiger charge is 2.09. The van der Waals surface area contributed by atoms with Gasteiger partial charge in [-0.25, -0.2) is 4.79 Å². The molecule has 0 spiro atoms. The molecular formula is C19H21NO4. The van der Waals surface area contributed by atoms with E-state index in [2.05, 4.69) is 5.32 Å². The molecule has 0 saturated carbocycles. The summed E-state index contributed by atoms with van der Waals surface area (Å²) in [6.07, 6.45) is 0. The lowest BCUT2D eigenvalue weighted by Gasteiger charge is -2.09. The summed E-state index contributed by atoms with van der Waals surface area (Å²) in [4.78, 5) is 23.4. The Bertz CT molecular complexity index is 740. The van der Waals surface area contributed by atoms with Gasteiger partial charge in [-0.3, -0.25) is 4.79 Å².